The third kappa shape index (κ3) is 5.02. The standard InChI is InChI=1S/C25H22F2N6O3/c1-30-11-10-21(34)32-12-2-3-17(14-32)33-24(28)22(25(29)35)23(31-33)15-4-7-18(8-5-15)36-20-9-6-16(26)13-19(20)27/h4-11,13,17H,2-3,12,14,28H2,(H2,29,35)/b11-10+/t17-/m1/s1. The van der Waals surface area contributed by atoms with Crippen LogP contribution in [0.1, 0.15) is 29.2 Å². The summed E-state index contributed by atoms with van der Waals surface area (Å²) in [6, 6.07) is 9.01. The van der Waals surface area contributed by atoms with Crippen molar-refractivity contribution in [3.63, 3.8) is 0 Å². The number of piperidine rings is 1. The second kappa shape index (κ2) is 10.3. The van der Waals surface area contributed by atoms with Crippen LogP contribution in [0.5, 0.6) is 11.5 Å². The monoisotopic (exact) mass is 492 g/mol. The van der Waals surface area contributed by atoms with Gasteiger partial charge in [-0.05, 0) is 49.2 Å². The van der Waals surface area contributed by atoms with Crippen LogP contribution in [-0.4, -0.2) is 39.6 Å². The first-order valence-corrected chi connectivity index (χ1v) is 11.0. The van der Waals surface area contributed by atoms with Gasteiger partial charge in [0.15, 0.2) is 17.8 Å². The number of carbonyl (C=O) groups is 2. The number of carbonyl (C=O) groups excluding carboxylic acids is 2. The van der Waals surface area contributed by atoms with Crippen molar-refractivity contribution in [3.8, 4) is 22.8 Å². The lowest BCUT2D eigenvalue weighted by Gasteiger charge is -2.32. The molecule has 0 saturated carbocycles. The van der Waals surface area contributed by atoms with Gasteiger partial charge in [0.05, 0.1) is 12.6 Å². The number of rotatable bonds is 6. The predicted molar refractivity (Wildman–Crippen MR) is 128 cm³/mol. The van der Waals surface area contributed by atoms with Crippen LogP contribution in [0.4, 0.5) is 14.6 Å². The Morgan fingerprint density at radius 3 is 2.61 bits per heavy atom. The normalized spacial score (nSPS) is 15.6. The predicted octanol–water partition coefficient (Wildman–Crippen LogP) is 3.90. The van der Waals surface area contributed by atoms with Crippen LogP contribution < -0.4 is 16.2 Å². The minimum atomic E-state index is -0.841. The topological polar surface area (TPSA) is 121 Å². The average Bonchev–Trinajstić information content (AvgIpc) is 3.22. The molecule has 0 bridgehead atoms. The fraction of sp³-hybridized carbons (Fsp3) is 0.200. The Morgan fingerprint density at radius 2 is 1.94 bits per heavy atom. The van der Waals surface area contributed by atoms with E-state index >= 15 is 0 Å². The molecule has 4 N–H and O–H groups in total. The van der Waals surface area contributed by atoms with Gasteiger partial charge in [-0.25, -0.2) is 18.3 Å². The first kappa shape index (κ1) is 24.4. The van der Waals surface area contributed by atoms with E-state index < -0.39 is 17.5 Å². The average molecular weight is 492 g/mol. The molecule has 4 rings (SSSR count). The number of aromatic nitrogens is 2. The molecular weight excluding hydrogens is 470 g/mol. The molecular formula is C25H22F2N6O3. The summed E-state index contributed by atoms with van der Waals surface area (Å²) in [7, 11) is 0. The zero-order valence-electron chi connectivity index (χ0n) is 19.0. The lowest BCUT2D eigenvalue weighted by molar-refractivity contribution is -0.127. The van der Waals surface area contributed by atoms with E-state index in [0.717, 1.165) is 18.3 Å². The molecule has 1 atom stereocenters. The van der Waals surface area contributed by atoms with Gasteiger partial charge in [0, 0.05) is 30.8 Å². The van der Waals surface area contributed by atoms with Gasteiger partial charge in [-0.3, -0.25) is 9.59 Å². The molecule has 2 heterocycles. The van der Waals surface area contributed by atoms with E-state index in [2.05, 4.69) is 9.94 Å². The number of amides is 2. The molecule has 1 saturated heterocycles. The Bertz CT molecular complexity index is 1380. The van der Waals surface area contributed by atoms with Crippen molar-refractivity contribution in [2.45, 2.75) is 18.9 Å². The highest BCUT2D eigenvalue weighted by Crippen LogP contribution is 2.33. The summed E-state index contributed by atoms with van der Waals surface area (Å²) < 4.78 is 34.0. The van der Waals surface area contributed by atoms with E-state index in [9.17, 15) is 18.4 Å². The molecule has 1 aliphatic rings. The first-order valence-electron chi connectivity index (χ1n) is 11.0. The van der Waals surface area contributed by atoms with Crippen LogP contribution in [-0.2, 0) is 4.79 Å². The second-order valence-corrected chi connectivity index (χ2v) is 8.14. The van der Waals surface area contributed by atoms with Gasteiger partial charge >= 0.3 is 0 Å². The summed E-state index contributed by atoms with van der Waals surface area (Å²) in [5, 5.41) is 4.56. The number of nitrogens with zero attached hydrogens (tertiary/aromatic N) is 4. The number of anilines is 1. The summed E-state index contributed by atoms with van der Waals surface area (Å²) in [5.41, 5.74) is 12.7. The summed E-state index contributed by atoms with van der Waals surface area (Å²) in [5.74, 6) is -2.37. The largest absolute Gasteiger partial charge is 0.454 e. The molecule has 0 unspecified atom stereocenters. The third-order valence-corrected chi connectivity index (χ3v) is 5.79. The van der Waals surface area contributed by atoms with Crippen LogP contribution in [0.25, 0.3) is 16.1 Å². The number of benzene rings is 2. The number of halogens is 2. The van der Waals surface area contributed by atoms with Crippen molar-refractivity contribution in [1.82, 2.24) is 14.7 Å². The van der Waals surface area contributed by atoms with Gasteiger partial charge < -0.3 is 21.1 Å². The molecule has 0 radical (unpaired) electrons. The summed E-state index contributed by atoms with van der Waals surface area (Å²) in [6.45, 7) is 7.64. The van der Waals surface area contributed by atoms with Gasteiger partial charge in [-0.15, -0.1) is 0 Å². The molecule has 0 aliphatic carbocycles. The number of nitrogen functional groups attached to an aromatic ring is 1. The molecule has 9 nitrogen and oxygen atoms in total. The Hall–Kier alpha value is -4.72. The summed E-state index contributed by atoms with van der Waals surface area (Å²) in [6.07, 6.45) is 3.68. The highest BCUT2D eigenvalue weighted by molar-refractivity contribution is 6.03. The molecule has 184 valence electrons. The number of hydrogen-bond acceptors (Lipinski definition) is 5. The highest BCUT2D eigenvalue weighted by Gasteiger charge is 2.29. The molecule has 2 amide bonds. The third-order valence-electron chi connectivity index (χ3n) is 5.79. The van der Waals surface area contributed by atoms with Gasteiger partial charge in [-0.1, -0.05) is 0 Å². The Balaban J connectivity index is 1.61. The lowest BCUT2D eigenvalue weighted by atomic mass is 10.1. The molecule has 11 heteroatoms. The molecule has 1 aliphatic heterocycles. The molecule has 1 fully saturated rings. The van der Waals surface area contributed by atoms with E-state index in [1.807, 2.05) is 0 Å². The Labute approximate surface area is 205 Å². The van der Waals surface area contributed by atoms with Crippen LogP contribution in [0, 0.1) is 18.2 Å². The van der Waals surface area contributed by atoms with Crippen molar-refractivity contribution < 1.29 is 23.1 Å². The number of hydrogen-bond donors (Lipinski definition) is 2. The highest BCUT2D eigenvalue weighted by atomic mass is 19.1. The minimum Gasteiger partial charge on any atom is -0.454 e. The van der Waals surface area contributed by atoms with E-state index in [4.69, 9.17) is 22.8 Å². The molecule has 2 aromatic carbocycles. The Morgan fingerprint density at radius 1 is 1.19 bits per heavy atom. The van der Waals surface area contributed by atoms with Crippen LogP contribution in [0.2, 0.25) is 0 Å². The van der Waals surface area contributed by atoms with Gasteiger partial charge in [0.25, 0.3) is 5.91 Å². The lowest BCUT2D eigenvalue weighted by Crippen LogP contribution is -2.40. The second-order valence-electron chi connectivity index (χ2n) is 8.14. The van der Waals surface area contributed by atoms with Crippen molar-refractivity contribution in [2.24, 2.45) is 5.73 Å². The van der Waals surface area contributed by atoms with Crippen LogP contribution in [0.15, 0.2) is 54.7 Å². The molecule has 0 spiro atoms. The molecule has 1 aromatic heterocycles. The van der Waals surface area contributed by atoms with Crippen LogP contribution >= 0.6 is 0 Å². The zero-order valence-corrected chi connectivity index (χ0v) is 19.0. The maximum atomic E-state index is 13.9. The van der Waals surface area contributed by atoms with Crippen LogP contribution in [0.3, 0.4) is 0 Å². The number of likely N-dealkylation sites (tertiary alicyclic amines) is 1. The quantitative estimate of drug-likeness (QED) is 0.399. The SMILES string of the molecule is [C-]#[N+]/C=C/C(=O)N1CCC[C@@H](n2nc(-c3ccc(Oc4ccc(F)cc4F)cc3)c(C(N)=O)c2N)C1. The Kier molecular flexibility index (Phi) is 6.96. The fourth-order valence-electron chi connectivity index (χ4n) is 4.10. The fourth-order valence-corrected chi connectivity index (χ4v) is 4.10. The van der Waals surface area contributed by atoms with Crippen molar-refractivity contribution in [3.05, 3.63) is 83.4 Å². The van der Waals surface area contributed by atoms with Gasteiger partial charge in [0.2, 0.25) is 5.91 Å². The summed E-state index contributed by atoms with van der Waals surface area (Å²) in [4.78, 5) is 29.3. The molecule has 36 heavy (non-hydrogen) atoms. The maximum absolute atomic E-state index is 13.9. The first-order chi connectivity index (χ1) is 17.3. The van der Waals surface area contributed by atoms with Crippen molar-refractivity contribution in [1.29, 1.82) is 0 Å². The number of ether oxygens (including phenoxy) is 1. The maximum Gasteiger partial charge on any atom is 0.254 e. The van der Waals surface area contributed by atoms with Gasteiger partial charge in [-0.2, -0.15) is 5.10 Å². The minimum absolute atomic E-state index is 0.0459. The zero-order chi connectivity index (χ0) is 25.8. The van der Waals surface area contributed by atoms with E-state index in [-0.39, 0.29) is 40.5 Å². The van der Waals surface area contributed by atoms with Crippen molar-refractivity contribution in [2.75, 3.05) is 18.8 Å². The van der Waals surface area contributed by atoms with E-state index in [1.54, 1.807) is 29.2 Å². The molecule has 3 aromatic rings. The van der Waals surface area contributed by atoms with E-state index in [1.165, 1.54) is 16.8 Å². The van der Waals surface area contributed by atoms with E-state index in [0.29, 0.717) is 31.5 Å². The van der Waals surface area contributed by atoms with Gasteiger partial charge in [0.1, 0.15) is 28.6 Å². The smallest absolute Gasteiger partial charge is 0.254 e. The van der Waals surface area contributed by atoms with Crippen molar-refractivity contribution >= 4 is 17.6 Å². The number of primary amides is 1. The summed E-state index contributed by atoms with van der Waals surface area (Å²) >= 11 is 0. The number of nitrogens with two attached hydrogens (primary N) is 2.